The van der Waals surface area contributed by atoms with Gasteiger partial charge in [-0.3, -0.25) is 9.36 Å². The lowest BCUT2D eigenvalue weighted by Gasteiger charge is -2.21. The van der Waals surface area contributed by atoms with Gasteiger partial charge in [-0.05, 0) is 43.3 Å². The molecular weight excluding hydrogens is 454 g/mol. The number of ether oxygens (including phenoxy) is 1. The molecule has 3 aromatic rings. The van der Waals surface area contributed by atoms with E-state index in [1.165, 1.54) is 57.5 Å². The van der Waals surface area contributed by atoms with Crippen LogP contribution in [0.2, 0.25) is 5.02 Å². The van der Waals surface area contributed by atoms with Crippen LogP contribution in [0.4, 0.5) is 23.2 Å². The summed E-state index contributed by atoms with van der Waals surface area (Å²) < 4.78 is 58.8. The molecular formula is C21H16ClF4N3O3. The molecule has 11 heteroatoms. The predicted molar refractivity (Wildman–Crippen MR) is 110 cm³/mol. The highest BCUT2D eigenvalue weighted by atomic mass is 35.5. The fourth-order valence-corrected chi connectivity index (χ4v) is 3.32. The molecule has 6 nitrogen and oxygen atoms in total. The van der Waals surface area contributed by atoms with Crippen LogP contribution in [0.5, 0.6) is 5.75 Å². The van der Waals surface area contributed by atoms with E-state index in [1.54, 1.807) is 0 Å². The average molecular weight is 470 g/mol. The number of benzene rings is 2. The first-order valence-corrected chi connectivity index (χ1v) is 9.42. The van der Waals surface area contributed by atoms with Crippen molar-refractivity contribution in [2.24, 2.45) is 0 Å². The van der Waals surface area contributed by atoms with Crippen LogP contribution < -0.4 is 15.3 Å². The maximum Gasteiger partial charge on any atom is 0.433 e. The van der Waals surface area contributed by atoms with Crippen LogP contribution in [0.25, 0.3) is 5.69 Å². The van der Waals surface area contributed by atoms with Crippen LogP contribution in [0, 0.1) is 12.7 Å². The van der Waals surface area contributed by atoms with Crippen molar-refractivity contribution in [1.29, 1.82) is 0 Å². The molecule has 0 unspecified atom stereocenters. The predicted octanol–water partition coefficient (Wildman–Crippen LogP) is 4.64. The largest absolute Gasteiger partial charge is 0.492 e. The monoisotopic (exact) mass is 469 g/mol. The Morgan fingerprint density at radius 1 is 1.19 bits per heavy atom. The summed E-state index contributed by atoms with van der Waals surface area (Å²) in [5.41, 5.74) is -2.45. The van der Waals surface area contributed by atoms with Crippen molar-refractivity contribution >= 4 is 23.2 Å². The summed E-state index contributed by atoms with van der Waals surface area (Å²) in [6, 6.07) is 8.70. The van der Waals surface area contributed by atoms with E-state index in [2.05, 4.69) is 4.98 Å². The summed E-state index contributed by atoms with van der Waals surface area (Å²) in [5, 5.41) is 0.0132. The first-order chi connectivity index (χ1) is 15.0. The van der Waals surface area contributed by atoms with Gasteiger partial charge in [0.15, 0.2) is 17.3 Å². The van der Waals surface area contributed by atoms with E-state index in [-0.39, 0.29) is 33.4 Å². The third kappa shape index (κ3) is 4.31. The number of nitrogens with zero attached hydrogens (tertiary/aromatic N) is 3. The quantitative estimate of drug-likeness (QED) is 0.522. The molecule has 1 heterocycles. The topological polar surface area (TPSA) is 64.4 Å². The van der Waals surface area contributed by atoms with Crippen molar-refractivity contribution in [3.63, 3.8) is 0 Å². The fourth-order valence-electron chi connectivity index (χ4n) is 3.12. The van der Waals surface area contributed by atoms with Gasteiger partial charge in [0.1, 0.15) is 0 Å². The number of aryl methyl sites for hydroxylation is 1. The summed E-state index contributed by atoms with van der Waals surface area (Å²) in [6.07, 6.45) is -4.79. The summed E-state index contributed by atoms with van der Waals surface area (Å²) >= 11 is 6.17. The van der Waals surface area contributed by atoms with Crippen molar-refractivity contribution in [2.45, 2.75) is 13.1 Å². The highest BCUT2D eigenvalue weighted by Crippen LogP contribution is 2.32. The average Bonchev–Trinajstić information content (AvgIpc) is 2.72. The molecule has 0 saturated heterocycles. The van der Waals surface area contributed by atoms with Gasteiger partial charge in [-0.15, -0.1) is 0 Å². The number of anilines is 1. The minimum absolute atomic E-state index is 0.0132. The number of aromatic nitrogens is 2. The van der Waals surface area contributed by atoms with E-state index in [1.807, 2.05) is 0 Å². The fraction of sp³-hybridized carbons (Fsp3) is 0.190. The van der Waals surface area contributed by atoms with Crippen molar-refractivity contribution < 1.29 is 27.1 Å². The Morgan fingerprint density at radius 2 is 1.88 bits per heavy atom. The van der Waals surface area contributed by atoms with Crippen LogP contribution in [-0.4, -0.2) is 29.6 Å². The maximum absolute atomic E-state index is 14.0. The van der Waals surface area contributed by atoms with Gasteiger partial charge in [0, 0.05) is 18.3 Å². The van der Waals surface area contributed by atoms with Crippen molar-refractivity contribution in [1.82, 2.24) is 9.55 Å². The standard InChI is InChI=1S/C21H16ClF4N3O3/c1-11-9-17(21(24,25)26)27-20(31)29(11)16-10-12(7-8-13(16)22)19(30)28(2)15-6-4-5-14(23)18(15)32-3/h4-10H,1-3H3. The number of amides is 1. The second-order valence-electron chi connectivity index (χ2n) is 6.72. The lowest BCUT2D eigenvalue weighted by molar-refractivity contribution is -0.141. The Balaban J connectivity index is 2.08. The SMILES string of the molecule is COc1c(F)cccc1N(C)C(=O)c1ccc(Cl)c(-n2c(C)cc(C(F)(F)F)nc2=O)c1. The lowest BCUT2D eigenvalue weighted by Crippen LogP contribution is -2.29. The van der Waals surface area contributed by atoms with Crippen LogP contribution in [0.1, 0.15) is 21.7 Å². The van der Waals surface area contributed by atoms with Crippen molar-refractivity contribution in [3.05, 3.63) is 80.7 Å². The molecule has 32 heavy (non-hydrogen) atoms. The number of rotatable bonds is 4. The molecule has 0 spiro atoms. The van der Waals surface area contributed by atoms with E-state index in [4.69, 9.17) is 16.3 Å². The third-order valence-electron chi connectivity index (χ3n) is 4.65. The zero-order valence-corrected chi connectivity index (χ0v) is 17.8. The van der Waals surface area contributed by atoms with E-state index >= 15 is 0 Å². The number of hydrogen-bond acceptors (Lipinski definition) is 4. The number of methoxy groups -OCH3 is 1. The van der Waals surface area contributed by atoms with Gasteiger partial charge < -0.3 is 9.64 Å². The Kier molecular flexibility index (Phi) is 6.27. The molecule has 0 bridgehead atoms. The van der Waals surface area contributed by atoms with Gasteiger partial charge in [-0.25, -0.2) is 9.18 Å². The summed E-state index contributed by atoms with van der Waals surface area (Å²) in [4.78, 5) is 29.6. The van der Waals surface area contributed by atoms with Crippen LogP contribution >= 0.6 is 11.6 Å². The molecule has 0 aliphatic heterocycles. The van der Waals surface area contributed by atoms with E-state index < -0.39 is 29.3 Å². The lowest BCUT2D eigenvalue weighted by atomic mass is 10.1. The molecule has 0 atom stereocenters. The Morgan fingerprint density at radius 3 is 2.47 bits per heavy atom. The molecule has 3 rings (SSSR count). The van der Waals surface area contributed by atoms with Crippen LogP contribution in [0.3, 0.4) is 0 Å². The zero-order chi connectivity index (χ0) is 23.8. The van der Waals surface area contributed by atoms with Crippen LogP contribution in [0.15, 0.2) is 47.3 Å². The van der Waals surface area contributed by atoms with Gasteiger partial charge in [-0.2, -0.15) is 18.2 Å². The summed E-state index contributed by atoms with van der Waals surface area (Å²) in [6.45, 7) is 1.28. The van der Waals surface area contributed by atoms with Gasteiger partial charge >= 0.3 is 11.9 Å². The summed E-state index contributed by atoms with van der Waals surface area (Å²) in [7, 11) is 2.65. The molecule has 2 aromatic carbocycles. The number of alkyl halides is 3. The molecule has 0 saturated carbocycles. The number of halogens is 5. The number of hydrogen-bond donors (Lipinski definition) is 0. The smallest absolute Gasteiger partial charge is 0.433 e. The molecule has 0 fully saturated rings. The maximum atomic E-state index is 14.0. The minimum Gasteiger partial charge on any atom is -0.492 e. The van der Waals surface area contributed by atoms with Gasteiger partial charge in [0.25, 0.3) is 5.91 Å². The second-order valence-corrected chi connectivity index (χ2v) is 7.13. The van der Waals surface area contributed by atoms with Crippen molar-refractivity contribution in [3.8, 4) is 11.4 Å². The van der Waals surface area contributed by atoms with Gasteiger partial charge in [0.2, 0.25) is 0 Å². The Hall–Kier alpha value is -3.40. The molecule has 1 amide bonds. The molecule has 0 N–H and O–H groups in total. The van der Waals surface area contributed by atoms with Crippen molar-refractivity contribution in [2.75, 3.05) is 19.1 Å². The Labute approximate surface area is 184 Å². The minimum atomic E-state index is -4.79. The van der Waals surface area contributed by atoms with Gasteiger partial charge in [0.05, 0.1) is 23.5 Å². The third-order valence-corrected chi connectivity index (χ3v) is 4.97. The molecule has 168 valence electrons. The zero-order valence-electron chi connectivity index (χ0n) is 17.0. The van der Waals surface area contributed by atoms with Crippen LogP contribution in [-0.2, 0) is 6.18 Å². The molecule has 0 aliphatic rings. The number of para-hydroxylation sites is 1. The highest BCUT2D eigenvalue weighted by Gasteiger charge is 2.34. The number of carbonyl (C=O) groups excluding carboxylic acids is 1. The first-order valence-electron chi connectivity index (χ1n) is 9.04. The number of carbonyl (C=O) groups is 1. The van der Waals surface area contributed by atoms with Gasteiger partial charge in [-0.1, -0.05) is 17.7 Å². The highest BCUT2D eigenvalue weighted by molar-refractivity contribution is 6.32. The molecule has 0 radical (unpaired) electrons. The second kappa shape index (κ2) is 8.62. The molecule has 0 aliphatic carbocycles. The summed E-state index contributed by atoms with van der Waals surface area (Å²) in [5.74, 6) is -1.41. The first kappa shape index (κ1) is 23.3. The van der Waals surface area contributed by atoms with E-state index in [0.29, 0.717) is 6.07 Å². The van der Waals surface area contributed by atoms with E-state index in [0.717, 1.165) is 9.47 Å². The Bertz CT molecular complexity index is 1260. The normalized spacial score (nSPS) is 11.4. The van der Waals surface area contributed by atoms with E-state index in [9.17, 15) is 27.2 Å². The molecule has 1 aromatic heterocycles.